The Morgan fingerprint density at radius 2 is 1.52 bits per heavy atom. The van der Waals surface area contributed by atoms with Crippen LogP contribution in [0.3, 0.4) is 0 Å². The van der Waals surface area contributed by atoms with E-state index in [4.69, 9.17) is 10.5 Å². The SMILES string of the molecule is CCOC(=O)[C@H]1CCC[C@@H]1C(=O)c1ccc(-c2ccc(N)cc2)cc1. The molecule has 2 aromatic carbocycles. The highest BCUT2D eigenvalue weighted by Crippen LogP contribution is 2.35. The van der Waals surface area contributed by atoms with Gasteiger partial charge in [-0.05, 0) is 43.0 Å². The van der Waals surface area contributed by atoms with Crippen molar-refractivity contribution in [3.8, 4) is 11.1 Å². The van der Waals surface area contributed by atoms with Gasteiger partial charge < -0.3 is 10.5 Å². The molecule has 0 spiro atoms. The lowest BCUT2D eigenvalue weighted by atomic mass is 9.88. The zero-order valence-electron chi connectivity index (χ0n) is 14.4. The normalized spacial score (nSPS) is 19.6. The smallest absolute Gasteiger partial charge is 0.309 e. The third-order valence-corrected chi connectivity index (χ3v) is 4.86. The van der Waals surface area contributed by atoms with Crippen molar-refractivity contribution in [3.05, 3.63) is 54.1 Å². The van der Waals surface area contributed by atoms with Gasteiger partial charge in [0.2, 0.25) is 0 Å². The first kappa shape index (κ1) is 17.2. The lowest BCUT2D eigenvalue weighted by Crippen LogP contribution is -2.27. The summed E-state index contributed by atoms with van der Waals surface area (Å²) in [5.74, 6) is -0.762. The molecule has 1 saturated carbocycles. The molecule has 3 rings (SSSR count). The average molecular weight is 337 g/mol. The molecule has 0 aromatic heterocycles. The number of carbonyl (C=O) groups is 2. The van der Waals surface area contributed by atoms with E-state index in [-0.39, 0.29) is 23.6 Å². The number of rotatable bonds is 5. The third kappa shape index (κ3) is 3.73. The topological polar surface area (TPSA) is 69.4 Å². The predicted octanol–water partition coefficient (Wildman–Crippen LogP) is 4.10. The molecular weight excluding hydrogens is 314 g/mol. The molecule has 2 N–H and O–H groups in total. The van der Waals surface area contributed by atoms with Crippen molar-refractivity contribution in [3.63, 3.8) is 0 Å². The lowest BCUT2D eigenvalue weighted by Gasteiger charge is -2.17. The summed E-state index contributed by atoms with van der Waals surface area (Å²) in [4.78, 5) is 24.9. The molecule has 0 radical (unpaired) electrons. The number of ketones is 1. The first-order chi connectivity index (χ1) is 12.1. The van der Waals surface area contributed by atoms with Gasteiger partial charge in [-0.15, -0.1) is 0 Å². The highest BCUT2D eigenvalue weighted by atomic mass is 16.5. The maximum atomic E-state index is 12.8. The van der Waals surface area contributed by atoms with Gasteiger partial charge in [-0.25, -0.2) is 0 Å². The molecule has 0 aliphatic heterocycles. The van der Waals surface area contributed by atoms with Crippen LogP contribution in [0.2, 0.25) is 0 Å². The van der Waals surface area contributed by atoms with Crippen molar-refractivity contribution >= 4 is 17.4 Å². The highest BCUT2D eigenvalue weighted by Gasteiger charge is 2.38. The van der Waals surface area contributed by atoms with E-state index in [2.05, 4.69) is 0 Å². The Balaban J connectivity index is 1.76. The quantitative estimate of drug-likeness (QED) is 0.507. The standard InChI is InChI=1S/C21H23NO3/c1-2-25-21(24)19-5-3-4-18(19)20(23)16-8-6-14(7-9-16)15-10-12-17(22)13-11-15/h6-13,18-19H,2-5,22H2,1H3/t18-,19-/m0/s1. The molecule has 0 unspecified atom stereocenters. The Hall–Kier alpha value is -2.62. The highest BCUT2D eigenvalue weighted by molar-refractivity contribution is 6.00. The first-order valence-corrected chi connectivity index (χ1v) is 8.77. The number of ether oxygens (including phenoxy) is 1. The molecule has 1 fully saturated rings. The van der Waals surface area contributed by atoms with Crippen LogP contribution in [0.25, 0.3) is 11.1 Å². The van der Waals surface area contributed by atoms with E-state index in [1.54, 1.807) is 6.92 Å². The van der Waals surface area contributed by atoms with E-state index in [0.29, 0.717) is 12.2 Å². The van der Waals surface area contributed by atoms with Crippen LogP contribution in [0.4, 0.5) is 5.69 Å². The van der Waals surface area contributed by atoms with Crippen molar-refractivity contribution in [2.24, 2.45) is 11.8 Å². The number of anilines is 1. The molecule has 25 heavy (non-hydrogen) atoms. The number of esters is 1. The molecule has 1 aliphatic carbocycles. The molecule has 2 aromatic rings. The number of nitrogen functional groups attached to an aromatic ring is 1. The minimum Gasteiger partial charge on any atom is -0.466 e. The Labute approximate surface area is 148 Å². The van der Waals surface area contributed by atoms with Crippen LogP contribution >= 0.6 is 0 Å². The van der Waals surface area contributed by atoms with Crippen LogP contribution in [-0.2, 0) is 9.53 Å². The van der Waals surface area contributed by atoms with Crippen molar-refractivity contribution in [1.82, 2.24) is 0 Å². The summed E-state index contributed by atoms with van der Waals surface area (Å²) < 4.78 is 5.13. The molecule has 0 amide bonds. The van der Waals surface area contributed by atoms with Crippen LogP contribution in [-0.4, -0.2) is 18.4 Å². The van der Waals surface area contributed by atoms with Crippen LogP contribution in [0.15, 0.2) is 48.5 Å². The number of Topliss-reactive ketones (excluding diaryl/α,β-unsaturated/α-hetero) is 1. The van der Waals surface area contributed by atoms with Gasteiger partial charge in [0.1, 0.15) is 0 Å². The van der Waals surface area contributed by atoms with Gasteiger partial charge in [-0.3, -0.25) is 9.59 Å². The average Bonchev–Trinajstić information content (AvgIpc) is 3.12. The fourth-order valence-corrected chi connectivity index (χ4v) is 3.52. The van der Waals surface area contributed by atoms with Gasteiger partial charge in [-0.1, -0.05) is 42.8 Å². The number of nitrogens with two attached hydrogens (primary N) is 1. The van der Waals surface area contributed by atoms with Crippen LogP contribution in [0.5, 0.6) is 0 Å². The minimum atomic E-state index is -0.302. The summed E-state index contributed by atoms with van der Waals surface area (Å²) in [5.41, 5.74) is 9.18. The number of hydrogen-bond acceptors (Lipinski definition) is 4. The van der Waals surface area contributed by atoms with Gasteiger partial charge in [0.15, 0.2) is 5.78 Å². The summed E-state index contributed by atoms with van der Waals surface area (Å²) in [6, 6.07) is 15.2. The van der Waals surface area contributed by atoms with Gasteiger partial charge in [0.25, 0.3) is 0 Å². The molecule has 130 valence electrons. The Kier molecular flexibility index (Phi) is 5.17. The summed E-state index contributed by atoms with van der Waals surface area (Å²) in [5, 5.41) is 0. The Morgan fingerprint density at radius 3 is 2.12 bits per heavy atom. The molecular formula is C21H23NO3. The van der Waals surface area contributed by atoms with Gasteiger partial charge in [0.05, 0.1) is 12.5 Å². The third-order valence-electron chi connectivity index (χ3n) is 4.86. The van der Waals surface area contributed by atoms with Gasteiger partial charge in [-0.2, -0.15) is 0 Å². The first-order valence-electron chi connectivity index (χ1n) is 8.77. The minimum absolute atomic E-state index is 0.0411. The van der Waals surface area contributed by atoms with Crippen LogP contribution in [0.1, 0.15) is 36.5 Å². The van der Waals surface area contributed by atoms with Crippen molar-refractivity contribution in [2.75, 3.05) is 12.3 Å². The van der Waals surface area contributed by atoms with Gasteiger partial charge in [0, 0.05) is 17.2 Å². The Morgan fingerprint density at radius 1 is 0.960 bits per heavy atom. The monoisotopic (exact) mass is 337 g/mol. The number of benzene rings is 2. The van der Waals surface area contributed by atoms with Crippen LogP contribution in [0, 0.1) is 11.8 Å². The van der Waals surface area contributed by atoms with E-state index in [1.165, 1.54) is 0 Å². The van der Waals surface area contributed by atoms with E-state index < -0.39 is 0 Å². The maximum absolute atomic E-state index is 12.8. The molecule has 1 aliphatic rings. The van der Waals surface area contributed by atoms with Gasteiger partial charge >= 0.3 is 5.97 Å². The summed E-state index contributed by atoms with van der Waals surface area (Å²) >= 11 is 0. The molecule has 2 atom stereocenters. The molecule has 0 saturated heterocycles. The second-order valence-electron chi connectivity index (χ2n) is 6.46. The second kappa shape index (κ2) is 7.51. The molecule has 0 bridgehead atoms. The van der Waals surface area contributed by atoms with Crippen molar-refractivity contribution < 1.29 is 14.3 Å². The largest absolute Gasteiger partial charge is 0.466 e. The van der Waals surface area contributed by atoms with Crippen molar-refractivity contribution in [1.29, 1.82) is 0 Å². The van der Waals surface area contributed by atoms with E-state index in [0.717, 1.165) is 36.1 Å². The predicted molar refractivity (Wildman–Crippen MR) is 98.1 cm³/mol. The number of carbonyl (C=O) groups excluding carboxylic acids is 2. The summed E-state index contributed by atoms with van der Waals surface area (Å²) in [6.07, 6.45) is 2.38. The van der Waals surface area contributed by atoms with Crippen LogP contribution < -0.4 is 5.73 Å². The second-order valence-corrected chi connectivity index (χ2v) is 6.46. The lowest BCUT2D eigenvalue weighted by molar-refractivity contribution is -0.148. The van der Waals surface area contributed by atoms with E-state index in [9.17, 15) is 9.59 Å². The fourth-order valence-electron chi connectivity index (χ4n) is 3.52. The molecule has 4 heteroatoms. The van der Waals surface area contributed by atoms with E-state index >= 15 is 0 Å². The molecule has 0 heterocycles. The Bertz CT molecular complexity index is 750. The fraction of sp³-hybridized carbons (Fsp3) is 0.333. The zero-order chi connectivity index (χ0) is 17.8. The summed E-state index contributed by atoms with van der Waals surface area (Å²) in [7, 11) is 0. The number of hydrogen-bond donors (Lipinski definition) is 1. The zero-order valence-corrected chi connectivity index (χ0v) is 14.4. The molecule has 4 nitrogen and oxygen atoms in total. The van der Waals surface area contributed by atoms with Crippen molar-refractivity contribution in [2.45, 2.75) is 26.2 Å². The maximum Gasteiger partial charge on any atom is 0.309 e. The van der Waals surface area contributed by atoms with E-state index in [1.807, 2.05) is 48.5 Å². The summed E-state index contributed by atoms with van der Waals surface area (Å²) in [6.45, 7) is 2.14.